The Morgan fingerprint density at radius 1 is 1.10 bits per heavy atom. The lowest BCUT2D eigenvalue weighted by Gasteiger charge is -2.50. The van der Waals surface area contributed by atoms with Crippen LogP contribution in [0.15, 0.2) is 0 Å². The molecule has 4 heterocycles. The molecule has 1 aliphatic carbocycles. The minimum atomic E-state index is -0.838. The number of rotatable bonds is 1. The fourth-order valence-electron chi connectivity index (χ4n) is 4.86. The van der Waals surface area contributed by atoms with Crippen molar-refractivity contribution in [3.63, 3.8) is 0 Å². The molecule has 0 aromatic heterocycles. The van der Waals surface area contributed by atoms with Crippen LogP contribution < -0.4 is 0 Å². The standard InChI is InChI=1S/C15H22O5/c1-9-4-5-11-13(2,8-16)17-12-15(11)10(9)6-7-14(3,18-12)19-20-15/h8-12H,4-7H2,1-3H3/t9-,10+,11+,12-,13+,14-,15-/m1/s1. The summed E-state index contributed by atoms with van der Waals surface area (Å²) in [5.74, 6) is 0.0868. The molecule has 2 bridgehead atoms. The third-order valence-corrected chi connectivity index (χ3v) is 6.01. The van der Waals surface area contributed by atoms with Gasteiger partial charge in [0.15, 0.2) is 18.2 Å². The van der Waals surface area contributed by atoms with Crippen LogP contribution in [0.2, 0.25) is 0 Å². The van der Waals surface area contributed by atoms with Gasteiger partial charge < -0.3 is 14.3 Å². The Bertz CT molecular complexity index is 454. The summed E-state index contributed by atoms with van der Waals surface area (Å²) < 4.78 is 12.1. The summed E-state index contributed by atoms with van der Waals surface area (Å²) in [5, 5.41) is 0. The minimum absolute atomic E-state index is 0.00125. The third kappa shape index (κ3) is 1.39. The number of carbonyl (C=O) groups is 1. The van der Waals surface area contributed by atoms with Crippen molar-refractivity contribution in [2.24, 2.45) is 17.8 Å². The molecule has 0 aromatic rings. The predicted molar refractivity (Wildman–Crippen MR) is 68.3 cm³/mol. The van der Waals surface area contributed by atoms with Crippen molar-refractivity contribution in [1.82, 2.24) is 0 Å². The van der Waals surface area contributed by atoms with Crippen LogP contribution in [0.25, 0.3) is 0 Å². The molecule has 7 atom stereocenters. The Kier molecular flexibility index (Phi) is 2.52. The maximum atomic E-state index is 11.6. The van der Waals surface area contributed by atoms with Crippen LogP contribution in [0.5, 0.6) is 0 Å². The quantitative estimate of drug-likeness (QED) is 0.545. The van der Waals surface area contributed by atoms with Gasteiger partial charge in [0.05, 0.1) is 0 Å². The molecule has 0 unspecified atom stereocenters. The van der Waals surface area contributed by atoms with Crippen molar-refractivity contribution in [2.45, 2.75) is 69.7 Å². The second-order valence-corrected chi connectivity index (χ2v) is 7.28. The van der Waals surface area contributed by atoms with Crippen LogP contribution >= 0.6 is 0 Å². The van der Waals surface area contributed by atoms with Crippen LogP contribution in [0.4, 0.5) is 0 Å². The van der Waals surface area contributed by atoms with Gasteiger partial charge in [0.2, 0.25) is 5.79 Å². The van der Waals surface area contributed by atoms with E-state index in [0.29, 0.717) is 11.8 Å². The van der Waals surface area contributed by atoms with Gasteiger partial charge in [-0.3, -0.25) is 0 Å². The van der Waals surface area contributed by atoms with Crippen LogP contribution in [-0.2, 0) is 24.0 Å². The van der Waals surface area contributed by atoms with E-state index in [1.54, 1.807) is 0 Å². The molecule has 0 radical (unpaired) electrons. The molecule has 5 fully saturated rings. The molecule has 0 aromatic carbocycles. The molecule has 4 saturated heterocycles. The highest BCUT2D eigenvalue weighted by atomic mass is 17.3. The molecule has 5 heteroatoms. The van der Waals surface area contributed by atoms with Gasteiger partial charge in [-0.1, -0.05) is 6.92 Å². The SMILES string of the molecule is C[C@@H]1CC[C@@H]2[C@]34OO[C@](C)(CC[C@@H]13)O[C@H]4O[C@@]2(C)C=O. The van der Waals surface area contributed by atoms with E-state index in [4.69, 9.17) is 19.2 Å². The zero-order valence-corrected chi connectivity index (χ0v) is 12.3. The first-order valence-electron chi connectivity index (χ1n) is 7.62. The highest BCUT2D eigenvalue weighted by Crippen LogP contribution is 2.62. The normalized spacial score (nSPS) is 61.0. The number of hydrogen-bond donors (Lipinski definition) is 0. The van der Waals surface area contributed by atoms with Gasteiger partial charge in [0, 0.05) is 12.3 Å². The summed E-state index contributed by atoms with van der Waals surface area (Å²) in [4.78, 5) is 23.2. The molecule has 0 N–H and O–H groups in total. The van der Waals surface area contributed by atoms with Crippen molar-refractivity contribution in [1.29, 1.82) is 0 Å². The van der Waals surface area contributed by atoms with E-state index in [1.807, 2.05) is 13.8 Å². The molecule has 5 aliphatic rings. The average molecular weight is 282 g/mol. The monoisotopic (exact) mass is 282 g/mol. The van der Waals surface area contributed by atoms with Gasteiger partial charge in [0.25, 0.3) is 0 Å². The van der Waals surface area contributed by atoms with Crippen molar-refractivity contribution < 1.29 is 24.0 Å². The Morgan fingerprint density at radius 3 is 2.65 bits per heavy atom. The van der Waals surface area contributed by atoms with Gasteiger partial charge in [-0.2, -0.15) is 0 Å². The number of fused-ring (bicyclic) bond motifs is 2. The first-order valence-corrected chi connectivity index (χ1v) is 7.62. The lowest BCUT2D eigenvalue weighted by atomic mass is 9.60. The summed E-state index contributed by atoms with van der Waals surface area (Å²) in [6, 6.07) is 0. The van der Waals surface area contributed by atoms with E-state index < -0.39 is 23.3 Å². The first kappa shape index (κ1) is 13.2. The maximum absolute atomic E-state index is 11.6. The first-order chi connectivity index (χ1) is 9.44. The van der Waals surface area contributed by atoms with Gasteiger partial charge >= 0.3 is 0 Å². The molecule has 1 spiro atoms. The maximum Gasteiger partial charge on any atom is 0.201 e. The summed E-state index contributed by atoms with van der Waals surface area (Å²) in [5.41, 5.74) is -1.46. The second kappa shape index (κ2) is 3.83. The van der Waals surface area contributed by atoms with Gasteiger partial charge in [-0.15, -0.1) is 0 Å². The topological polar surface area (TPSA) is 54.0 Å². The largest absolute Gasteiger partial charge is 0.335 e. The molecule has 1 saturated carbocycles. The predicted octanol–water partition coefficient (Wildman–Crippen LogP) is 2.19. The lowest BCUT2D eigenvalue weighted by Crippen LogP contribution is -2.61. The second-order valence-electron chi connectivity index (χ2n) is 7.28. The van der Waals surface area contributed by atoms with Gasteiger partial charge in [-0.05, 0) is 44.9 Å². The van der Waals surface area contributed by atoms with Crippen LogP contribution in [0, 0.1) is 17.8 Å². The lowest BCUT2D eigenvalue weighted by molar-refractivity contribution is -0.541. The molecular weight excluding hydrogens is 260 g/mol. The van der Waals surface area contributed by atoms with Crippen LogP contribution in [-0.4, -0.2) is 29.6 Å². The van der Waals surface area contributed by atoms with Gasteiger partial charge in [0.1, 0.15) is 5.60 Å². The highest BCUT2D eigenvalue weighted by Gasteiger charge is 2.74. The number of ether oxygens (including phenoxy) is 2. The third-order valence-electron chi connectivity index (χ3n) is 6.01. The van der Waals surface area contributed by atoms with E-state index >= 15 is 0 Å². The van der Waals surface area contributed by atoms with E-state index in [0.717, 1.165) is 32.0 Å². The Hall–Kier alpha value is -0.490. The van der Waals surface area contributed by atoms with E-state index in [2.05, 4.69) is 6.92 Å². The fourth-order valence-corrected chi connectivity index (χ4v) is 4.86. The molecule has 4 aliphatic heterocycles. The van der Waals surface area contributed by atoms with Crippen molar-refractivity contribution in [3.8, 4) is 0 Å². The molecular formula is C15H22O5. The minimum Gasteiger partial charge on any atom is -0.335 e. The molecule has 0 amide bonds. The van der Waals surface area contributed by atoms with E-state index in [1.165, 1.54) is 0 Å². The van der Waals surface area contributed by atoms with Gasteiger partial charge in [-0.25, -0.2) is 9.78 Å². The summed E-state index contributed by atoms with van der Waals surface area (Å²) in [6.07, 6.45) is 4.20. The number of aldehydes is 1. The Labute approximate surface area is 118 Å². The fraction of sp³-hybridized carbons (Fsp3) is 0.933. The van der Waals surface area contributed by atoms with Crippen LogP contribution in [0.1, 0.15) is 46.5 Å². The zero-order chi connectivity index (χ0) is 14.2. The van der Waals surface area contributed by atoms with E-state index in [9.17, 15) is 4.79 Å². The highest BCUT2D eigenvalue weighted by molar-refractivity contribution is 5.64. The number of carbonyl (C=O) groups excluding carboxylic acids is 1. The summed E-state index contributed by atoms with van der Waals surface area (Å²) in [6.45, 7) is 5.99. The van der Waals surface area contributed by atoms with E-state index in [-0.39, 0.29) is 5.92 Å². The summed E-state index contributed by atoms with van der Waals surface area (Å²) >= 11 is 0. The zero-order valence-electron chi connectivity index (χ0n) is 12.3. The molecule has 5 rings (SSSR count). The average Bonchev–Trinajstić information content (AvgIpc) is 2.51. The van der Waals surface area contributed by atoms with Crippen LogP contribution in [0.3, 0.4) is 0 Å². The number of hydrogen-bond acceptors (Lipinski definition) is 5. The van der Waals surface area contributed by atoms with Crippen molar-refractivity contribution in [3.05, 3.63) is 0 Å². The Balaban J connectivity index is 1.85. The molecule has 5 nitrogen and oxygen atoms in total. The Morgan fingerprint density at radius 2 is 1.90 bits per heavy atom. The van der Waals surface area contributed by atoms with Crippen molar-refractivity contribution in [2.75, 3.05) is 0 Å². The molecule has 20 heavy (non-hydrogen) atoms. The molecule has 112 valence electrons. The summed E-state index contributed by atoms with van der Waals surface area (Å²) in [7, 11) is 0. The van der Waals surface area contributed by atoms with Crippen molar-refractivity contribution >= 4 is 6.29 Å². The smallest absolute Gasteiger partial charge is 0.201 e.